The molecule has 1 heterocycles. The molecule has 1 aromatic heterocycles. The molecule has 0 bridgehead atoms. The van der Waals surface area contributed by atoms with E-state index in [2.05, 4.69) is 15.6 Å². The lowest BCUT2D eigenvalue weighted by Gasteiger charge is -2.12. The van der Waals surface area contributed by atoms with Crippen molar-refractivity contribution in [3.8, 4) is 5.75 Å². The Hall–Kier alpha value is -3.05. The van der Waals surface area contributed by atoms with Crippen molar-refractivity contribution in [1.82, 2.24) is 4.98 Å². The predicted octanol–water partition coefficient (Wildman–Crippen LogP) is 5.13. The lowest BCUT2D eigenvalue weighted by Crippen LogP contribution is -2.13. The first-order valence-electron chi connectivity index (χ1n) is 8.17. The van der Waals surface area contributed by atoms with Gasteiger partial charge in [-0.15, -0.1) is 0 Å². The summed E-state index contributed by atoms with van der Waals surface area (Å²) in [5.41, 5.74) is 1.90. The van der Waals surface area contributed by atoms with Crippen molar-refractivity contribution in [3.05, 3.63) is 77.4 Å². The maximum Gasteiger partial charge on any atom is 0.255 e. The minimum absolute atomic E-state index is 0.242. The Morgan fingerprint density at radius 1 is 1.12 bits per heavy atom. The van der Waals surface area contributed by atoms with Crippen molar-refractivity contribution in [2.24, 2.45) is 0 Å². The van der Waals surface area contributed by atoms with Gasteiger partial charge in [0.1, 0.15) is 11.6 Å². The van der Waals surface area contributed by atoms with Gasteiger partial charge in [-0.25, -0.2) is 4.98 Å². The normalized spacial score (nSPS) is 10.2. The Bertz CT molecular complexity index is 915. The molecule has 6 heteroatoms. The number of pyridine rings is 1. The maximum atomic E-state index is 12.6. The summed E-state index contributed by atoms with van der Waals surface area (Å²) in [5.74, 6) is 0.946. The predicted molar refractivity (Wildman–Crippen MR) is 105 cm³/mol. The SMILES string of the molecule is CCOc1ccccc1NC(=O)c1ccnc(Nc2cccc(Cl)c2)c1. The average Bonchev–Trinajstić information content (AvgIpc) is 2.64. The standard InChI is InChI=1S/C20H18ClN3O2/c1-2-26-18-9-4-3-8-17(18)24-20(25)14-10-11-22-19(12-14)23-16-7-5-6-15(21)13-16/h3-13H,2H2,1H3,(H,22,23)(H,24,25). The molecule has 0 radical (unpaired) electrons. The Labute approximate surface area is 157 Å². The first-order valence-corrected chi connectivity index (χ1v) is 8.55. The van der Waals surface area contributed by atoms with Gasteiger partial charge >= 0.3 is 0 Å². The number of carbonyl (C=O) groups is 1. The van der Waals surface area contributed by atoms with E-state index in [-0.39, 0.29) is 5.91 Å². The number of rotatable bonds is 6. The summed E-state index contributed by atoms with van der Waals surface area (Å²) in [4.78, 5) is 16.8. The van der Waals surface area contributed by atoms with Crippen molar-refractivity contribution in [2.75, 3.05) is 17.2 Å². The molecule has 0 aliphatic heterocycles. The molecule has 26 heavy (non-hydrogen) atoms. The van der Waals surface area contributed by atoms with E-state index in [9.17, 15) is 4.79 Å². The molecule has 3 aromatic rings. The number of anilines is 3. The van der Waals surface area contributed by atoms with Crippen molar-refractivity contribution < 1.29 is 9.53 Å². The van der Waals surface area contributed by atoms with Crippen LogP contribution in [0.25, 0.3) is 0 Å². The van der Waals surface area contributed by atoms with Crippen LogP contribution >= 0.6 is 11.6 Å². The summed E-state index contributed by atoms with van der Waals surface area (Å²) in [6, 6.07) is 17.9. The van der Waals surface area contributed by atoms with Crippen molar-refractivity contribution in [2.45, 2.75) is 6.92 Å². The third-order valence-electron chi connectivity index (χ3n) is 3.55. The summed E-state index contributed by atoms with van der Waals surface area (Å²) < 4.78 is 5.54. The number of amides is 1. The van der Waals surface area contributed by atoms with Gasteiger partial charge in [0.15, 0.2) is 0 Å². The highest BCUT2D eigenvalue weighted by Crippen LogP contribution is 2.25. The minimum Gasteiger partial charge on any atom is -0.492 e. The van der Waals surface area contributed by atoms with Crippen molar-refractivity contribution >= 4 is 34.7 Å². The molecular weight excluding hydrogens is 350 g/mol. The van der Waals surface area contributed by atoms with Crippen LogP contribution in [-0.2, 0) is 0 Å². The van der Waals surface area contributed by atoms with E-state index in [1.54, 1.807) is 36.5 Å². The molecule has 1 amide bonds. The Kier molecular flexibility index (Phi) is 5.71. The van der Waals surface area contributed by atoms with Crippen LogP contribution in [0.3, 0.4) is 0 Å². The van der Waals surface area contributed by atoms with Gasteiger partial charge in [0.05, 0.1) is 12.3 Å². The number of para-hydroxylation sites is 2. The summed E-state index contributed by atoms with van der Waals surface area (Å²) in [6.45, 7) is 2.42. The highest BCUT2D eigenvalue weighted by Gasteiger charge is 2.11. The average molecular weight is 368 g/mol. The Balaban J connectivity index is 1.76. The van der Waals surface area contributed by atoms with E-state index >= 15 is 0 Å². The zero-order valence-corrected chi connectivity index (χ0v) is 15.0. The van der Waals surface area contributed by atoms with Crippen LogP contribution in [0.15, 0.2) is 66.9 Å². The number of ether oxygens (including phenoxy) is 1. The van der Waals surface area contributed by atoms with Gasteiger partial charge < -0.3 is 15.4 Å². The van der Waals surface area contributed by atoms with Gasteiger partial charge in [0.2, 0.25) is 0 Å². The van der Waals surface area contributed by atoms with Gasteiger partial charge in [-0.3, -0.25) is 4.79 Å². The second-order valence-corrected chi connectivity index (χ2v) is 5.88. The second-order valence-electron chi connectivity index (χ2n) is 5.45. The Morgan fingerprint density at radius 2 is 1.96 bits per heavy atom. The Morgan fingerprint density at radius 3 is 2.77 bits per heavy atom. The molecule has 2 aromatic carbocycles. The van der Waals surface area contributed by atoms with Crippen LogP contribution in [0.2, 0.25) is 5.02 Å². The fourth-order valence-corrected chi connectivity index (χ4v) is 2.59. The fraction of sp³-hybridized carbons (Fsp3) is 0.100. The molecular formula is C20H18ClN3O2. The van der Waals surface area contributed by atoms with Crippen LogP contribution in [0, 0.1) is 0 Å². The molecule has 0 saturated carbocycles. The quantitative estimate of drug-likeness (QED) is 0.634. The van der Waals surface area contributed by atoms with E-state index < -0.39 is 0 Å². The first kappa shape index (κ1) is 17.8. The topological polar surface area (TPSA) is 63.2 Å². The van der Waals surface area contributed by atoms with Crippen LogP contribution in [0.1, 0.15) is 17.3 Å². The highest BCUT2D eigenvalue weighted by molar-refractivity contribution is 6.30. The van der Waals surface area contributed by atoms with Gasteiger partial charge in [-0.05, 0) is 49.4 Å². The zero-order chi connectivity index (χ0) is 18.4. The van der Waals surface area contributed by atoms with Crippen molar-refractivity contribution in [1.29, 1.82) is 0 Å². The summed E-state index contributed by atoms with van der Waals surface area (Å²) >= 11 is 5.99. The smallest absolute Gasteiger partial charge is 0.255 e. The monoisotopic (exact) mass is 367 g/mol. The van der Waals surface area contributed by atoms with E-state index in [4.69, 9.17) is 16.3 Å². The van der Waals surface area contributed by atoms with E-state index in [0.717, 1.165) is 5.69 Å². The maximum absolute atomic E-state index is 12.6. The number of hydrogen-bond donors (Lipinski definition) is 2. The number of benzene rings is 2. The van der Waals surface area contributed by atoms with Crippen LogP contribution in [-0.4, -0.2) is 17.5 Å². The molecule has 2 N–H and O–H groups in total. The van der Waals surface area contributed by atoms with Gasteiger partial charge in [0, 0.05) is 22.5 Å². The van der Waals surface area contributed by atoms with Crippen LogP contribution in [0.4, 0.5) is 17.2 Å². The molecule has 0 spiro atoms. The second kappa shape index (κ2) is 8.36. The molecule has 0 aliphatic carbocycles. The summed E-state index contributed by atoms with van der Waals surface area (Å²) in [5, 5.41) is 6.63. The third kappa shape index (κ3) is 4.52. The molecule has 0 aliphatic rings. The minimum atomic E-state index is -0.242. The van der Waals surface area contributed by atoms with Crippen molar-refractivity contribution in [3.63, 3.8) is 0 Å². The zero-order valence-electron chi connectivity index (χ0n) is 14.2. The third-order valence-corrected chi connectivity index (χ3v) is 3.79. The molecule has 0 unspecified atom stereocenters. The summed E-state index contributed by atoms with van der Waals surface area (Å²) in [6.07, 6.45) is 1.58. The number of nitrogens with zero attached hydrogens (tertiary/aromatic N) is 1. The number of halogens is 1. The first-order chi connectivity index (χ1) is 12.7. The highest BCUT2D eigenvalue weighted by atomic mass is 35.5. The van der Waals surface area contributed by atoms with Gasteiger partial charge in [-0.1, -0.05) is 29.8 Å². The van der Waals surface area contributed by atoms with E-state index in [1.165, 1.54) is 0 Å². The largest absolute Gasteiger partial charge is 0.492 e. The number of hydrogen-bond acceptors (Lipinski definition) is 4. The fourth-order valence-electron chi connectivity index (χ4n) is 2.40. The molecule has 0 fully saturated rings. The van der Waals surface area contributed by atoms with Gasteiger partial charge in [-0.2, -0.15) is 0 Å². The summed E-state index contributed by atoms with van der Waals surface area (Å²) in [7, 11) is 0. The van der Waals surface area contributed by atoms with Crippen LogP contribution < -0.4 is 15.4 Å². The number of nitrogens with one attached hydrogen (secondary N) is 2. The van der Waals surface area contributed by atoms with E-state index in [0.29, 0.717) is 34.4 Å². The molecule has 0 atom stereocenters. The van der Waals surface area contributed by atoms with Crippen LogP contribution in [0.5, 0.6) is 5.75 Å². The van der Waals surface area contributed by atoms with Gasteiger partial charge in [0.25, 0.3) is 5.91 Å². The number of aromatic nitrogens is 1. The van der Waals surface area contributed by atoms with E-state index in [1.807, 2.05) is 37.3 Å². The molecule has 132 valence electrons. The number of carbonyl (C=O) groups excluding carboxylic acids is 1. The molecule has 0 saturated heterocycles. The lowest BCUT2D eigenvalue weighted by atomic mass is 10.2. The molecule has 3 rings (SSSR count). The molecule has 5 nitrogen and oxygen atoms in total. The lowest BCUT2D eigenvalue weighted by molar-refractivity contribution is 0.102.